The maximum atomic E-state index is 12.8. The van der Waals surface area contributed by atoms with Crippen LogP contribution in [-0.4, -0.2) is 31.6 Å². The molecule has 3 aromatic rings. The van der Waals surface area contributed by atoms with Crippen molar-refractivity contribution >= 4 is 17.6 Å². The molecule has 4 rings (SSSR count). The largest absolute Gasteiger partial charge is 0.382 e. The van der Waals surface area contributed by atoms with E-state index in [-0.39, 0.29) is 24.0 Å². The number of amides is 2. The second-order valence-electron chi connectivity index (χ2n) is 7.26. The predicted molar refractivity (Wildman–Crippen MR) is 122 cm³/mol. The predicted octanol–water partition coefficient (Wildman–Crippen LogP) is 2.71. The van der Waals surface area contributed by atoms with E-state index in [1.807, 2.05) is 52.1 Å². The minimum atomic E-state index is -0.434. The van der Waals surface area contributed by atoms with Crippen molar-refractivity contribution in [2.24, 2.45) is 0 Å². The van der Waals surface area contributed by atoms with E-state index in [4.69, 9.17) is 5.73 Å². The second-order valence-corrected chi connectivity index (χ2v) is 7.26. The van der Waals surface area contributed by atoms with Crippen molar-refractivity contribution in [1.82, 2.24) is 30.4 Å². The van der Waals surface area contributed by atoms with Crippen LogP contribution in [0.15, 0.2) is 30.6 Å². The molecule has 168 valence electrons. The molecule has 2 aromatic heterocycles. The third-order valence-electron chi connectivity index (χ3n) is 4.95. The topological polar surface area (TPSA) is 128 Å². The van der Waals surface area contributed by atoms with Crippen molar-refractivity contribution in [3.63, 3.8) is 0 Å². The summed E-state index contributed by atoms with van der Waals surface area (Å²) in [5, 5.41) is 9.89. The van der Waals surface area contributed by atoms with Crippen LogP contribution in [-0.2, 0) is 19.5 Å². The summed E-state index contributed by atoms with van der Waals surface area (Å²) in [6, 6.07) is 5.59. The smallest absolute Gasteiger partial charge is 0.274 e. The van der Waals surface area contributed by atoms with Crippen molar-refractivity contribution in [2.45, 2.75) is 53.6 Å². The highest BCUT2D eigenvalue weighted by atomic mass is 16.2. The van der Waals surface area contributed by atoms with Crippen LogP contribution in [0, 0.1) is 6.92 Å². The van der Waals surface area contributed by atoms with Crippen LogP contribution in [0.2, 0.25) is 0 Å². The Labute approximate surface area is 187 Å². The van der Waals surface area contributed by atoms with Gasteiger partial charge in [-0.25, -0.2) is 14.6 Å². The maximum Gasteiger partial charge on any atom is 0.274 e. The summed E-state index contributed by atoms with van der Waals surface area (Å²) in [7, 11) is 0. The van der Waals surface area contributed by atoms with Crippen LogP contribution < -0.4 is 16.4 Å². The number of rotatable bonds is 6. The average Bonchev–Trinajstić information content (AvgIpc) is 3.40. The van der Waals surface area contributed by atoms with Crippen molar-refractivity contribution in [3.05, 3.63) is 64.2 Å². The van der Waals surface area contributed by atoms with Gasteiger partial charge in [-0.05, 0) is 30.0 Å². The van der Waals surface area contributed by atoms with Gasteiger partial charge in [0.25, 0.3) is 11.8 Å². The van der Waals surface area contributed by atoms with E-state index in [9.17, 15) is 9.59 Å². The molecule has 0 atom stereocenters. The molecule has 2 amide bonds. The number of carbonyl (C=O) groups is 2. The van der Waals surface area contributed by atoms with Crippen LogP contribution in [0.5, 0.6) is 0 Å². The molecule has 32 heavy (non-hydrogen) atoms. The lowest BCUT2D eigenvalue weighted by Crippen LogP contribution is -2.27. The molecule has 0 radical (unpaired) electrons. The molecule has 9 heteroatoms. The number of fused-ring (bicyclic) bond motifs is 1. The minimum absolute atomic E-state index is 0.0338. The van der Waals surface area contributed by atoms with Crippen LogP contribution in [0.3, 0.4) is 0 Å². The number of nitrogen functional groups attached to an aromatic ring is 1. The summed E-state index contributed by atoms with van der Waals surface area (Å²) in [5.74, 6) is -0.00194. The Balaban J connectivity index is 0.00000141. The van der Waals surface area contributed by atoms with E-state index < -0.39 is 5.91 Å². The number of carbonyl (C=O) groups excluding carboxylic acids is 2. The normalized spacial score (nSPS) is 11.9. The molecule has 9 nitrogen and oxygen atoms in total. The van der Waals surface area contributed by atoms with Gasteiger partial charge in [0, 0.05) is 24.8 Å². The fourth-order valence-corrected chi connectivity index (χ4v) is 3.52. The highest BCUT2D eigenvalue weighted by Gasteiger charge is 2.23. The first kappa shape index (κ1) is 22.9. The summed E-state index contributed by atoms with van der Waals surface area (Å²) < 4.78 is 1.62. The number of hydrogen-bond donors (Lipinski definition) is 3. The first-order chi connectivity index (χ1) is 15.5. The van der Waals surface area contributed by atoms with Gasteiger partial charge in [-0.2, -0.15) is 5.10 Å². The van der Waals surface area contributed by atoms with Crippen LogP contribution >= 0.6 is 0 Å². The lowest BCUT2D eigenvalue weighted by molar-refractivity contribution is 0.0937. The molecule has 3 heterocycles. The Kier molecular flexibility index (Phi) is 7.19. The quantitative estimate of drug-likeness (QED) is 0.546. The number of nitrogens with zero attached hydrogens (tertiary/aromatic N) is 4. The zero-order valence-corrected chi connectivity index (χ0v) is 18.9. The zero-order valence-electron chi connectivity index (χ0n) is 18.9. The standard InChI is InChI=1S/C21H23N7O2.C2H6/c1-3-5-15-19(28-11-12(2)8-25-28)27-18(22)17(26-15)21(30)24-10-14-7-4-6-13-9-23-20(29)16(13)14;1-2/h4,6-8,11H,3,5,9-10H2,1-2H3,(H2,22,27)(H,23,29)(H,24,30);1-2H3. The summed E-state index contributed by atoms with van der Waals surface area (Å²) >= 11 is 0. The third-order valence-corrected chi connectivity index (χ3v) is 4.95. The van der Waals surface area contributed by atoms with Crippen LogP contribution in [0.25, 0.3) is 5.82 Å². The molecule has 0 fully saturated rings. The number of benzene rings is 1. The molecule has 1 aliphatic rings. The lowest BCUT2D eigenvalue weighted by Gasteiger charge is -2.13. The fraction of sp³-hybridized carbons (Fsp3) is 0.348. The molecule has 0 saturated carbocycles. The molecule has 0 spiro atoms. The van der Waals surface area contributed by atoms with Crippen molar-refractivity contribution in [3.8, 4) is 5.82 Å². The number of anilines is 1. The number of nitrogens with one attached hydrogen (secondary N) is 2. The minimum Gasteiger partial charge on any atom is -0.382 e. The zero-order chi connectivity index (χ0) is 23.3. The van der Waals surface area contributed by atoms with E-state index in [1.54, 1.807) is 10.9 Å². The average molecular weight is 436 g/mol. The van der Waals surface area contributed by atoms with E-state index in [0.29, 0.717) is 30.0 Å². The van der Waals surface area contributed by atoms with Crippen LogP contribution in [0.1, 0.15) is 70.4 Å². The Morgan fingerprint density at radius 2 is 2.06 bits per heavy atom. The number of nitrogens with two attached hydrogens (primary N) is 1. The Bertz CT molecular complexity index is 1140. The number of hydrogen-bond acceptors (Lipinski definition) is 6. The van der Waals surface area contributed by atoms with Gasteiger partial charge in [-0.15, -0.1) is 0 Å². The summed E-state index contributed by atoms with van der Waals surface area (Å²) in [6.45, 7) is 8.65. The van der Waals surface area contributed by atoms with Crippen molar-refractivity contribution < 1.29 is 9.59 Å². The molecule has 1 aromatic carbocycles. The molecule has 1 aliphatic heterocycles. The summed E-state index contributed by atoms with van der Waals surface area (Å²) in [4.78, 5) is 33.8. The van der Waals surface area contributed by atoms with Crippen molar-refractivity contribution in [1.29, 1.82) is 0 Å². The van der Waals surface area contributed by atoms with E-state index >= 15 is 0 Å². The maximum absolute atomic E-state index is 12.8. The number of aromatic nitrogens is 4. The van der Waals surface area contributed by atoms with E-state index in [0.717, 1.165) is 23.1 Å². The first-order valence-electron chi connectivity index (χ1n) is 10.8. The molecular formula is C23H29N7O2. The SMILES string of the molecule is CC.CCCc1nc(C(=O)NCc2cccc3c2C(=O)NC3)c(N)nc1-n1cc(C)cn1. The third kappa shape index (κ3) is 4.61. The van der Waals surface area contributed by atoms with Crippen LogP contribution in [0.4, 0.5) is 5.82 Å². The number of aryl methyl sites for hydroxylation is 2. The van der Waals surface area contributed by atoms with Crippen molar-refractivity contribution in [2.75, 3.05) is 5.73 Å². The summed E-state index contributed by atoms with van der Waals surface area (Å²) in [6.07, 6.45) is 5.03. The Morgan fingerprint density at radius 1 is 1.28 bits per heavy atom. The van der Waals surface area contributed by atoms with Gasteiger partial charge in [-0.1, -0.05) is 45.4 Å². The molecule has 4 N–H and O–H groups in total. The van der Waals surface area contributed by atoms with Gasteiger partial charge in [0.2, 0.25) is 0 Å². The van der Waals surface area contributed by atoms with Gasteiger partial charge < -0.3 is 16.4 Å². The van der Waals surface area contributed by atoms with Gasteiger partial charge in [0.05, 0.1) is 11.9 Å². The van der Waals surface area contributed by atoms with Gasteiger partial charge in [0.15, 0.2) is 17.3 Å². The Morgan fingerprint density at radius 3 is 2.75 bits per heavy atom. The Hall–Kier alpha value is -3.75. The molecule has 0 aliphatic carbocycles. The molecule has 0 bridgehead atoms. The van der Waals surface area contributed by atoms with Gasteiger partial charge in [0.1, 0.15) is 0 Å². The second kappa shape index (κ2) is 10.0. The fourth-order valence-electron chi connectivity index (χ4n) is 3.52. The van der Waals surface area contributed by atoms with Gasteiger partial charge in [-0.3, -0.25) is 9.59 Å². The first-order valence-corrected chi connectivity index (χ1v) is 10.8. The van der Waals surface area contributed by atoms with E-state index in [2.05, 4.69) is 25.7 Å². The van der Waals surface area contributed by atoms with Gasteiger partial charge >= 0.3 is 0 Å². The highest BCUT2D eigenvalue weighted by molar-refractivity contribution is 6.00. The molecular weight excluding hydrogens is 406 g/mol. The monoisotopic (exact) mass is 435 g/mol. The molecule has 0 unspecified atom stereocenters. The summed E-state index contributed by atoms with van der Waals surface area (Å²) in [5.41, 5.74) is 10.1. The van der Waals surface area contributed by atoms with E-state index in [1.165, 1.54) is 0 Å². The highest BCUT2D eigenvalue weighted by Crippen LogP contribution is 2.21. The molecule has 0 saturated heterocycles. The lowest BCUT2D eigenvalue weighted by atomic mass is 10.0.